The lowest BCUT2D eigenvalue weighted by atomic mass is 10.0. The van der Waals surface area contributed by atoms with Crippen molar-refractivity contribution in [2.75, 3.05) is 24.6 Å². The van der Waals surface area contributed by atoms with E-state index in [1.54, 1.807) is 0 Å². The summed E-state index contributed by atoms with van der Waals surface area (Å²) in [6.07, 6.45) is 4.51. The van der Waals surface area contributed by atoms with E-state index in [4.69, 9.17) is 4.74 Å². The van der Waals surface area contributed by atoms with Crippen molar-refractivity contribution in [2.24, 2.45) is 0 Å². The molecule has 2 heterocycles. The number of hydrogen-bond acceptors (Lipinski definition) is 3. The van der Waals surface area contributed by atoms with E-state index in [1.165, 1.54) is 24.2 Å². The largest absolute Gasteiger partial charge is 0.494 e. The Bertz CT molecular complexity index is 826. The van der Waals surface area contributed by atoms with Crippen molar-refractivity contribution in [3.8, 4) is 5.75 Å². The molecule has 1 atom stereocenters. The number of β-amino-alcohol motifs (C(OH)–C–C–N with tert-alkyl or cyclic N) is 1. The van der Waals surface area contributed by atoms with Gasteiger partial charge in [-0.15, -0.1) is 0 Å². The fourth-order valence-electron chi connectivity index (χ4n) is 4.27. The van der Waals surface area contributed by atoms with Gasteiger partial charge in [-0.2, -0.15) is 0 Å². The minimum atomic E-state index is -1.00. The Labute approximate surface area is 161 Å². The highest BCUT2D eigenvalue weighted by molar-refractivity contribution is 5.95. The Kier molecular flexibility index (Phi) is 4.92. The molecule has 0 saturated heterocycles. The van der Waals surface area contributed by atoms with Gasteiger partial charge >= 0.3 is 0 Å². The molecule has 4 heteroatoms. The molecule has 2 aromatic rings. The normalized spacial score (nSPS) is 22.6. The number of aryl methyl sites for hydroxylation is 1. The van der Waals surface area contributed by atoms with Gasteiger partial charge in [0, 0.05) is 12.0 Å². The van der Waals surface area contributed by atoms with Crippen molar-refractivity contribution in [3.05, 3.63) is 59.7 Å². The van der Waals surface area contributed by atoms with Crippen LogP contribution in [0.15, 0.2) is 48.5 Å². The molecule has 0 aromatic heterocycles. The Morgan fingerprint density at radius 3 is 2.48 bits per heavy atom. The Morgan fingerprint density at radius 2 is 1.78 bits per heavy atom. The maximum absolute atomic E-state index is 11.8. The first-order valence-corrected chi connectivity index (χ1v) is 10.1. The lowest BCUT2D eigenvalue weighted by Crippen LogP contribution is -2.41. The van der Waals surface area contributed by atoms with E-state index in [0.29, 0.717) is 13.2 Å². The highest BCUT2D eigenvalue weighted by Crippen LogP contribution is 2.36. The van der Waals surface area contributed by atoms with Crippen LogP contribution in [-0.2, 0) is 5.72 Å². The highest BCUT2D eigenvalue weighted by atomic mass is 16.5. The number of anilines is 1. The molecule has 0 amide bonds. The molecule has 0 bridgehead atoms. The van der Waals surface area contributed by atoms with Crippen molar-refractivity contribution in [2.45, 2.75) is 45.3 Å². The smallest absolute Gasteiger partial charge is 0.271 e. The summed E-state index contributed by atoms with van der Waals surface area (Å²) in [6.45, 7) is 6.18. The summed E-state index contributed by atoms with van der Waals surface area (Å²) < 4.78 is 7.81. The molecule has 0 radical (unpaired) electrons. The molecule has 0 fully saturated rings. The van der Waals surface area contributed by atoms with Gasteiger partial charge in [-0.25, -0.2) is 9.48 Å². The Morgan fingerprint density at radius 1 is 1.04 bits per heavy atom. The molecule has 2 aromatic carbocycles. The summed E-state index contributed by atoms with van der Waals surface area (Å²) >= 11 is 0. The van der Waals surface area contributed by atoms with Crippen molar-refractivity contribution in [3.63, 3.8) is 0 Å². The third-order valence-electron chi connectivity index (χ3n) is 5.70. The first kappa shape index (κ1) is 18.1. The third kappa shape index (κ3) is 3.34. The van der Waals surface area contributed by atoms with Crippen LogP contribution in [0.5, 0.6) is 5.75 Å². The molecular weight excluding hydrogens is 336 g/mol. The number of benzene rings is 2. The predicted molar refractivity (Wildman–Crippen MR) is 109 cm³/mol. The van der Waals surface area contributed by atoms with Gasteiger partial charge in [0.05, 0.1) is 13.2 Å². The molecule has 4 nitrogen and oxygen atoms in total. The summed E-state index contributed by atoms with van der Waals surface area (Å²) in [5.41, 5.74) is 2.33. The van der Waals surface area contributed by atoms with Crippen LogP contribution in [0, 0.1) is 6.92 Å². The van der Waals surface area contributed by atoms with Crippen LogP contribution in [0.4, 0.5) is 5.69 Å². The number of nitrogens with zero attached hydrogens (tertiary/aromatic N) is 2. The first-order valence-electron chi connectivity index (χ1n) is 10.1. The van der Waals surface area contributed by atoms with Crippen molar-refractivity contribution >= 4 is 11.5 Å². The molecule has 2 aliphatic heterocycles. The fraction of sp³-hybridized carbons (Fsp3) is 0.435. The first-order chi connectivity index (χ1) is 13.1. The SMILES string of the molecule is CCOc1ccc([C@]2(O)CN(c3ccc(C)cc3)C3=[N+]2CCCCC3)cc1. The minimum absolute atomic E-state index is 0.555. The molecule has 2 aliphatic rings. The number of aliphatic hydroxyl groups is 1. The molecular formula is C23H29N2O2+. The van der Waals surface area contributed by atoms with Crippen LogP contribution in [0.25, 0.3) is 0 Å². The van der Waals surface area contributed by atoms with Crippen molar-refractivity contribution in [1.82, 2.24) is 0 Å². The number of hydrogen-bond donors (Lipinski definition) is 1. The van der Waals surface area contributed by atoms with Gasteiger partial charge in [-0.1, -0.05) is 17.7 Å². The van der Waals surface area contributed by atoms with E-state index < -0.39 is 5.72 Å². The number of rotatable bonds is 4. The molecule has 1 N–H and O–H groups in total. The molecule has 0 spiro atoms. The standard InChI is InChI=1S/C23H29N2O2/c1-3-27-21-14-10-19(11-15-21)23(26)17-24(20-12-8-18(2)9-13-20)22-7-5-4-6-16-25(22)23/h8-15,26H,3-7,16-17H2,1-2H3/q+1/t23-/m1/s1. The molecule has 0 saturated carbocycles. The van der Waals surface area contributed by atoms with E-state index in [9.17, 15) is 5.11 Å². The summed E-state index contributed by atoms with van der Waals surface area (Å²) in [5.74, 6) is 2.09. The summed E-state index contributed by atoms with van der Waals surface area (Å²) in [5, 5.41) is 11.8. The topological polar surface area (TPSA) is 35.7 Å². The van der Waals surface area contributed by atoms with Gasteiger partial charge < -0.3 is 9.84 Å². The Balaban J connectivity index is 1.74. The lowest BCUT2D eigenvalue weighted by molar-refractivity contribution is -0.658. The molecule has 0 unspecified atom stereocenters. The quantitative estimate of drug-likeness (QED) is 0.831. The van der Waals surface area contributed by atoms with Crippen LogP contribution in [-0.4, -0.2) is 35.2 Å². The highest BCUT2D eigenvalue weighted by Gasteiger charge is 2.51. The van der Waals surface area contributed by atoms with Gasteiger partial charge in [0.2, 0.25) is 0 Å². The van der Waals surface area contributed by atoms with Crippen molar-refractivity contribution < 1.29 is 14.4 Å². The van der Waals surface area contributed by atoms with Crippen LogP contribution in [0.1, 0.15) is 43.7 Å². The van der Waals surface area contributed by atoms with Gasteiger partial charge in [-0.05, 0) is 69.5 Å². The summed E-state index contributed by atoms with van der Waals surface area (Å²) in [4.78, 5) is 2.31. The predicted octanol–water partition coefficient (Wildman–Crippen LogP) is 4.04. The zero-order valence-electron chi connectivity index (χ0n) is 16.3. The average Bonchev–Trinajstić information content (AvgIpc) is 2.84. The lowest BCUT2D eigenvalue weighted by Gasteiger charge is -2.23. The van der Waals surface area contributed by atoms with Crippen molar-refractivity contribution in [1.29, 1.82) is 0 Å². The van der Waals surface area contributed by atoms with E-state index in [2.05, 4.69) is 40.7 Å². The molecule has 142 valence electrons. The zero-order valence-corrected chi connectivity index (χ0v) is 16.3. The second-order valence-electron chi connectivity index (χ2n) is 7.57. The molecule has 0 aliphatic carbocycles. The summed E-state index contributed by atoms with van der Waals surface area (Å²) in [7, 11) is 0. The second kappa shape index (κ2) is 7.35. The maximum atomic E-state index is 11.8. The third-order valence-corrected chi connectivity index (χ3v) is 5.70. The van der Waals surface area contributed by atoms with E-state index in [-0.39, 0.29) is 0 Å². The van der Waals surface area contributed by atoms with Gasteiger partial charge in [-0.3, -0.25) is 0 Å². The van der Waals surface area contributed by atoms with Gasteiger partial charge in [0.1, 0.15) is 11.4 Å². The van der Waals surface area contributed by atoms with E-state index in [1.807, 2.05) is 31.2 Å². The monoisotopic (exact) mass is 365 g/mol. The number of amidine groups is 1. The maximum Gasteiger partial charge on any atom is 0.271 e. The fourth-order valence-corrected chi connectivity index (χ4v) is 4.27. The summed E-state index contributed by atoms with van der Waals surface area (Å²) in [6, 6.07) is 16.5. The Hall–Kier alpha value is -2.33. The van der Waals surface area contributed by atoms with Crippen LogP contribution < -0.4 is 9.64 Å². The minimum Gasteiger partial charge on any atom is -0.494 e. The molecule has 27 heavy (non-hydrogen) atoms. The van der Waals surface area contributed by atoms with Crippen LogP contribution >= 0.6 is 0 Å². The van der Waals surface area contributed by atoms with E-state index in [0.717, 1.165) is 36.4 Å². The number of ether oxygens (including phenoxy) is 1. The van der Waals surface area contributed by atoms with Crippen LogP contribution in [0.3, 0.4) is 0 Å². The van der Waals surface area contributed by atoms with E-state index >= 15 is 0 Å². The van der Waals surface area contributed by atoms with Gasteiger partial charge in [0.15, 0.2) is 6.54 Å². The van der Waals surface area contributed by atoms with Crippen LogP contribution in [0.2, 0.25) is 0 Å². The zero-order chi connectivity index (χ0) is 18.9. The molecule has 4 rings (SSSR count). The second-order valence-corrected chi connectivity index (χ2v) is 7.57. The van der Waals surface area contributed by atoms with Gasteiger partial charge in [0.25, 0.3) is 11.6 Å². The average molecular weight is 365 g/mol.